The van der Waals surface area contributed by atoms with E-state index in [9.17, 15) is 9.59 Å². The van der Waals surface area contributed by atoms with Crippen molar-refractivity contribution >= 4 is 47.2 Å². The predicted molar refractivity (Wildman–Crippen MR) is 290 cm³/mol. The van der Waals surface area contributed by atoms with Crippen LogP contribution in [0.15, 0.2) is 34.1 Å². The third kappa shape index (κ3) is 32.0. The van der Waals surface area contributed by atoms with Crippen molar-refractivity contribution in [2.75, 3.05) is 23.0 Å². The van der Waals surface area contributed by atoms with Gasteiger partial charge in [-0.05, 0) is 98.6 Å². The summed E-state index contributed by atoms with van der Waals surface area (Å²) in [6.45, 7) is 12.7. The molecule has 0 N–H and O–H groups in total. The van der Waals surface area contributed by atoms with Gasteiger partial charge in [-0.2, -0.15) is 23.5 Å². The third-order valence-electron chi connectivity index (χ3n) is 12.7. The van der Waals surface area contributed by atoms with Crippen LogP contribution >= 0.6 is 35.3 Å². The van der Waals surface area contributed by atoms with Crippen LogP contribution in [-0.4, -0.2) is 35.0 Å². The Hall–Kier alpha value is -1.57. The van der Waals surface area contributed by atoms with E-state index in [1.54, 1.807) is 11.8 Å². The first-order valence-electron chi connectivity index (χ1n) is 27.2. The van der Waals surface area contributed by atoms with E-state index in [-0.39, 0.29) is 11.9 Å². The molecule has 0 aliphatic heterocycles. The Bertz CT molecular complexity index is 1340. The van der Waals surface area contributed by atoms with Gasteiger partial charge in [-0.1, -0.05) is 218 Å². The fourth-order valence-corrected chi connectivity index (χ4v) is 11.8. The maximum absolute atomic E-state index is 12.8. The highest BCUT2D eigenvalue weighted by Gasteiger charge is 2.15. The number of unbranched alkanes of at least 4 members (excludes halogenated alkanes) is 30. The first-order valence-corrected chi connectivity index (χ1v) is 30.3. The van der Waals surface area contributed by atoms with E-state index in [2.05, 4.69) is 38.1 Å². The van der Waals surface area contributed by atoms with Crippen molar-refractivity contribution in [1.29, 1.82) is 0 Å². The summed E-state index contributed by atoms with van der Waals surface area (Å²) in [4.78, 5) is 27.8. The van der Waals surface area contributed by atoms with Crippen molar-refractivity contribution in [2.45, 2.75) is 270 Å². The van der Waals surface area contributed by atoms with Crippen LogP contribution in [0.2, 0.25) is 0 Å². The quantitative estimate of drug-likeness (QED) is 0.0373. The molecule has 0 fully saturated rings. The molecule has 0 aliphatic carbocycles. The minimum absolute atomic E-state index is 0.151. The summed E-state index contributed by atoms with van der Waals surface area (Å²) in [5.41, 5.74) is 3.86. The lowest BCUT2D eigenvalue weighted by Crippen LogP contribution is -2.11. The minimum Gasteiger partial charge on any atom is -0.426 e. The number of thioether (sulfide) groups is 2. The SMILES string of the molecule is CCCCCCCCCCCCCCCCCCSCCC(=O)Oc1c(C)cc(Sc2cc(C)c(OC(=O)CCSCCCCCCCCCCCCCCCCCC)c(C)c2)cc1C. The Morgan fingerprint density at radius 2 is 0.585 bits per heavy atom. The van der Waals surface area contributed by atoms with Gasteiger partial charge in [0.1, 0.15) is 11.5 Å². The minimum atomic E-state index is -0.151. The number of benzene rings is 2. The zero-order chi connectivity index (χ0) is 47.0. The van der Waals surface area contributed by atoms with E-state index in [4.69, 9.17) is 9.47 Å². The van der Waals surface area contributed by atoms with Crippen LogP contribution in [0.5, 0.6) is 11.5 Å². The molecule has 0 heterocycles. The summed E-state index contributed by atoms with van der Waals surface area (Å²) in [7, 11) is 0. The van der Waals surface area contributed by atoms with Gasteiger partial charge < -0.3 is 9.47 Å². The van der Waals surface area contributed by atoms with Crippen LogP contribution in [0.25, 0.3) is 0 Å². The molecule has 4 nitrogen and oxygen atoms in total. The molecule has 2 rings (SSSR count). The number of hydrogen-bond donors (Lipinski definition) is 0. The molecular formula is C58H98O4S3. The summed E-state index contributed by atoms with van der Waals surface area (Å²) in [5.74, 6) is 4.93. The molecule has 0 spiro atoms. The van der Waals surface area contributed by atoms with Crippen molar-refractivity contribution in [3.05, 3.63) is 46.5 Å². The second kappa shape index (κ2) is 41.4. The Balaban J connectivity index is 1.52. The first-order chi connectivity index (χ1) is 31.7. The van der Waals surface area contributed by atoms with Crippen LogP contribution < -0.4 is 9.47 Å². The number of carbonyl (C=O) groups excluding carboxylic acids is 2. The van der Waals surface area contributed by atoms with Crippen LogP contribution in [0, 0.1) is 27.7 Å². The van der Waals surface area contributed by atoms with Gasteiger partial charge in [0, 0.05) is 21.3 Å². The average molecular weight is 956 g/mol. The summed E-state index contributed by atoms with van der Waals surface area (Å²) in [6.07, 6.45) is 45.4. The summed E-state index contributed by atoms with van der Waals surface area (Å²) < 4.78 is 11.8. The third-order valence-corrected chi connectivity index (χ3v) is 15.8. The standard InChI is InChI=1S/C58H98O4S3/c1-7-9-11-13-15-17-19-21-23-25-27-29-31-33-35-37-41-63-43-39-55(59)61-57-49(3)45-53(46-50(57)4)65-54-47-51(5)58(52(6)48-54)62-56(60)40-44-64-42-38-36-34-32-30-28-26-24-22-20-18-16-14-12-10-8-2/h45-48H,7-44H2,1-6H3. The molecule has 0 atom stereocenters. The van der Waals surface area contributed by atoms with E-state index >= 15 is 0 Å². The maximum Gasteiger partial charge on any atom is 0.312 e. The highest BCUT2D eigenvalue weighted by atomic mass is 32.2. The fourth-order valence-electron chi connectivity index (χ4n) is 8.75. The number of rotatable bonds is 44. The van der Waals surface area contributed by atoms with E-state index in [1.807, 2.05) is 51.2 Å². The molecule has 0 radical (unpaired) electrons. The second-order valence-corrected chi connectivity index (χ2v) is 22.8. The average Bonchev–Trinajstić information content (AvgIpc) is 3.27. The van der Waals surface area contributed by atoms with Crippen LogP contribution in [0.1, 0.15) is 254 Å². The Morgan fingerprint density at radius 1 is 0.354 bits per heavy atom. The van der Waals surface area contributed by atoms with Gasteiger partial charge >= 0.3 is 11.9 Å². The van der Waals surface area contributed by atoms with E-state index in [0.717, 1.165) is 55.1 Å². The summed E-state index contributed by atoms with van der Waals surface area (Å²) in [6, 6.07) is 8.40. The number of carbonyl (C=O) groups is 2. The number of aryl methyl sites for hydroxylation is 4. The van der Waals surface area contributed by atoms with Crippen molar-refractivity contribution < 1.29 is 19.1 Å². The Labute approximate surface area is 414 Å². The molecule has 0 saturated carbocycles. The van der Waals surface area contributed by atoms with Gasteiger partial charge in [-0.3, -0.25) is 9.59 Å². The highest BCUT2D eigenvalue weighted by molar-refractivity contribution is 7.99. The van der Waals surface area contributed by atoms with Crippen molar-refractivity contribution in [3.8, 4) is 11.5 Å². The van der Waals surface area contributed by atoms with Crippen LogP contribution in [-0.2, 0) is 9.59 Å². The van der Waals surface area contributed by atoms with Crippen LogP contribution in [0.4, 0.5) is 0 Å². The Kier molecular flexibility index (Phi) is 37.9. The predicted octanol–water partition coefficient (Wildman–Crippen LogP) is 19.7. The molecule has 2 aromatic rings. The molecule has 0 aromatic heterocycles. The molecule has 0 unspecified atom stereocenters. The van der Waals surface area contributed by atoms with E-state index in [0.29, 0.717) is 24.3 Å². The summed E-state index contributed by atoms with van der Waals surface area (Å²) >= 11 is 5.43. The van der Waals surface area contributed by atoms with E-state index < -0.39 is 0 Å². The van der Waals surface area contributed by atoms with Crippen molar-refractivity contribution in [2.24, 2.45) is 0 Å². The molecule has 2 aromatic carbocycles. The molecular weight excluding hydrogens is 857 g/mol. The largest absolute Gasteiger partial charge is 0.426 e. The highest BCUT2D eigenvalue weighted by Crippen LogP contribution is 2.37. The number of ether oxygens (including phenoxy) is 2. The molecule has 0 bridgehead atoms. The van der Waals surface area contributed by atoms with E-state index in [1.165, 1.54) is 205 Å². The first kappa shape index (κ1) is 59.6. The number of hydrogen-bond acceptors (Lipinski definition) is 7. The fraction of sp³-hybridized carbons (Fsp3) is 0.759. The van der Waals surface area contributed by atoms with Gasteiger partial charge in [0.25, 0.3) is 0 Å². The molecule has 0 amide bonds. The molecule has 0 aliphatic rings. The molecule has 7 heteroatoms. The normalized spacial score (nSPS) is 11.4. The maximum atomic E-state index is 12.8. The van der Waals surface area contributed by atoms with Gasteiger partial charge in [0.2, 0.25) is 0 Å². The molecule has 65 heavy (non-hydrogen) atoms. The zero-order valence-corrected chi connectivity index (χ0v) is 45.5. The Morgan fingerprint density at radius 3 is 0.831 bits per heavy atom. The number of esters is 2. The van der Waals surface area contributed by atoms with Crippen molar-refractivity contribution in [3.63, 3.8) is 0 Å². The van der Waals surface area contributed by atoms with Gasteiger partial charge in [0.15, 0.2) is 0 Å². The van der Waals surface area contributed by atoms with Gasteiger partial charge in [-0.15, -0.1) is 0 Å². The lowest BCUT2D eigenvalue weighted by Gasteiger charge is -2.15. The van der Waals surface area contributed by atoms with Gasteiger partial charge in [-0.25, -0.2) is 0 Å². The molecule has 0 saturated heterocycles. The van der Waals surface area contributed by atoms with Crippen molar-refractivity contribution in [1.82, 2.24) is 0 Å². The zero-order valence-electron chi connectivity index (χ0n) is 43.0. The second-order valence-electron chi connectivity index (χ2n) is 19.2. The van der Waals surface area contributed by atoms with Gasteiger partial charge in [0.05, 0.1) is 12.8 Å². The van der Waals surface area contributed by atoms with Crippen LogP contribution in [0.3, 0.4) is 0 Å². The molecule has 372 valence electrons. The lowest BCUT2D eigenvalue weighted by atomic mass is 10.0. The lowest BCUT2D eigenvalue weighted by molar-refractivity contribution is -0.134. The smallest absolute Gasteiger partial charge is 0.312 e. The monoisotopic (exact) mass is 955 g/mol. The summed E-state index contributed by atoms with van der Waals surface area (Å²) in [5, 5.41) is 0. The topological polar surface area (TPSA) is 52.6 Å².